The van der Waals surface area contributed by atoms with E-state index < -0.39 is 5.91 Å². The van der Waals surface area contributed by atoms with Gasteiger partial charge in [0.15, 0.2) is 5.70 Å². The molecule has 3 N–H and O–H groups in total. The van der Waals surface area contributed by atoms with Crippen molar-refractivity contribution in [3.8, 4) is 5.75 Å². The Hall–Kier alpha value is -3.15. The minimum Gasteiger partial charge on any atom is -0.510 e. The maximum absolute atomic E-state index is 12.1. The molecule has 2 aromatic rings. The number of carbonyl (C=O) groups is 1. The number of phenolic OH excluding ortho intramolecular Hbond substituents is 1. The predicted octanol–water partition coefficient (Wildman–Crippen LogP) is 3.90. The first-order chi connectivity index (χ1) is 10.6. The number of anilines is 1. The number of aromatic hydroxyl groups is 1. The number of hydrogen-bond donors (Lipinski definition) is 3. The number of aliphatic hydroxyl groups is 1. The summed E-state index contributed by atoms with van der Waals surface area (Å²) in [6.07, 6.45) is 0. The van der Waals surface area contributed by atoms with Crippen molar-refractivity contribution in [3.63, 3.8) is 0 Å². The van der Waals surface area contributed by atoms with Crippen molar-refractivity contribution < 1.29 is 15.0 Å². The number of phenols is 1. The SMILES string of the molecule is C/C(O)=C(\N=Nc1ccccc1O)C(=O)Nc1ccccc1. The van der Waals surface area contributed by atoms with Gasteiger partial charge in [-0.05, 0) is 31.2 Å². The lowest BCUT2D eigenvalue weighted by atomic mass is 10.3. The Morgan fingerprint density at radius 2 is 1.68 bits per heavy atom. The summed E-state index contributed by atoms with van der Waals surface area (Å²) >= 11 is 0. The van der Waals surface area contributed by atoms with E-state index in [1.165, 1.54) is 19.1 Å². The van der Waals surface area contributed by atoms with Crippen LogP contribution >= 0.6 is 0 Å². The first-order valence-electron chi connectivity index (χ1n) is 6.54. The molecule has 0 atom stereocenters. The highest BCUT2D eigenvalue weighted by molar-refractivity contribution is 6.03. The van der Waals surface area contributed by atoms with Crippen molar-refractivity contribution in [2.45, 2.75) is 6.92 Å². The Morgan fingerprint density at radius 3 is 2.32 bits per heavy atom. The van der Waals surface area contributed by atoms with Crippen LogP contribution in [0.15, 0.2) is 76.3 Å². The number of nitrogens with zero attached hydrogens (tertiary/aromatic N) is 2. The van der Waals surface area contributed by atoms with E-state index in [-0.39, 0.29) is 22.9 Å². The molecule has 0 unspecified atom stereocenters. The molecule has 2 aromatic carbocycles. The molecule has 0 saturated carbocycles. The Morgan fingerprint density at radius 1 is 1.05 bits per heavy atom. The summed E-state index contributed by atoms with van der Waals surface area (Å²) in [5.74, 6) is -0.928. The van der Waals surface area contributed by atoms with Gasteiger partial charge in [-0.15, -0.1) is 10.2 Å². The molecule has 0 aliphatic heterocycles. The summed E-state index contributed by atoms with van der Waals surface area (Å²) in [5.41, 5.74) is 0.546. The second-order valence-electron chi connectivity index (χ2n) is 4.44. The van der Waals surface area contributed by atoms with Crippen LogP contribution in [0, 0.1) is 0 Å². The molecule has 112 valence electrons. The van der Waals surface area contributed by atoms with Gasteiger partial charge in [0.25, 0.3) is 5.91 Å². The van der Waals surface area contributed by atoms with Gasteiger partial charge in [0.1, 0.15) is 17.2 Å². The molecule has 6 nitrogen and oxygen atoms in total. The van der Waals surface area contributed by atoms with Gasteiger partial charge in [0.05, 0.1) is 0 Å². The van der Waals surface area contributed by atoms with Crippen LogP contribution in [-0.4, -0.2) is 16.1 Å². The molecule has 0 heterocycles. The molecule has 1 amide bonds. The summed E-state index contributed by atoms with van der Waals surface area (Å²) < 4.78 is 0. The Balaban J connectivity index is 2.19. The van der Waals surface area contributed by atoms with Gasteiger partial charge in [0, 0.05) is 5.69 Å². The zero-order valence-electron chi connectivity index (χ0n) is 11.9. The number of azo groups is 1. The summed E-state index contributed by atoms with van der Waals surface area (Å²) in [6, 6.07) is 15.1. The topological polar surface area (TPSA) is 94.3 Å². The zero-order valence-corrected chi connectivity index (χ0v) is 11.9. The fraction of sp³-hybridized carbons (Fsp3) is 0.0625. The maximum atomic E-state index is 12.1. The van der Waals surface area contributed by atoms with E-state index >= 15 is 0 Å². The zero-order chi connectivity index (χ0) is 15.9. The Kier molecular flexibility index (Phi) is 4.87. The molecule has 0 spiro atoms. The lowest BCUT2D eigenvalue weighted by Crippen LogP contribution is -2.14. The summed E-state index contributed by atoms with van der Waals surface area (Å²) in [5, 5.41) is 29.3. The van der Waals surface area contributed by atoms with E-state index in [2.05, 4.69) is 15.5 Å². The number of carbonyl (C=O) groups excluding carboxylic acids is 1. The number of aliphatic hydroxyl groups excluding tert-OH is 1. The van der Waals surface area contributed by atoms with Crippen molar-refractivity contribution in [2.24, 2.45) is 10.2 Å². The van der Waals surface area contributed by atoms with Gasteiger partial charge >= 0.3 is 0 Å². The number of nitrogens with one attached hydrogen (secondary N) is 1. The summed E-state index contributed by atoms with van der Waals surface area (Å²) in [6.45, 7) is 1.34. The number of allylic oxidation sites excluding steroid dienone is 1. The van der Waals surface area contributed by atoms with E-state index in [4.69, 9.17) is 0 Å². The van der Waals surface area contributed by atoms with Crippen LogP contribution in [-0.2, 0) is 4.79 Å². The largest absolute Gasteiger partial charge is 0.510 e. The van der Waals surface area contributed by atoms with Gasteiger partial charge in [-0.2, -0.15) is 0 Å². The lowest BCUT2D eigenvalue weighted by Gasteiger charge is -2.05. The second-order valence-corrected chi connectivity index (χ2v) is 4.44. The number of hydrogen-bond acceptors (Lipinski definition) is 5. The third-order valence-corrected chi connectivity index (χ3v) is 2.73. The first kappa shape index (κ1) is 15.2. The fourth-order valence-electron chi connectivity index (χ4n) is 1.65. The standard InChI is InChI=1S/C16H15N3O3/c1-11(20)15(16(22)17-12-7-3-2-4-8-12)19-18-13-9-5-6-10-14(13)21/h2-10,20-21H,1H3,(H,17,22)/b15-11+,19-18?. The van der Waals surface area contributed by atoms with Gasteiger partial charge < -0.3 is 15.5 Å². The lowest BCUT2D eigenvalue weighted by molar-refractivity contribution is -0.113. The highest BCUT2D eigenvalue weighted by Crippen LogP contribution is 2.26. The van der Waals surface area contributed by atoms with Crippen molar-refractivity contribution in [1.29, 1.82) is 0 Å². The average Bonchev–Trinajstić information content (AvgIpc) is 2.50. The summed E-state index contributed by atoms with van der Waals surface area (Å²) in [4.78, 5) is 12.1. The van der Waals surface area contributed by atoms with E-state index in [1.54, 1.807) is 36.4 Å². The van der Waals surface area contributed by atoms with Crippen molar-refractivity contribution in [1.82, 2.24) is 0 Å². The average molecular weight is 297 g/mol. The fourth-order valence-corrected chi connectivity index (χ4v) is 1.65. The smallest absolute Gasteiger partial charge is 0.279 e. The third-order valence-electron chi connectivity index (χ3n) is 2.73. The summed E-state index contributed by atoms with van der Waals surface area (Å²) in [7, 11) is 0. The minimum atomic E-state index is -0.592. The normalized spacial score (nSPS) is 12.0. The molecule has 0 saturated heterocycles. The number of para-hydroxylation sites is 2. The van der Waals surface area contributed by atoms with E-state index in [1.807, 2.05) is 6.07 Å². The molecular formula is C16H15N3O3. The Labute approximate surface area is 127 Å². The molecule has 0 aliphatic rings. The van der Waals surface area contributed by atoms with Gasteiger partial charge in [0.2, 0.25) is 0 Å². The molecule has 0 radical (unpaired) electrons. The van der Waals surface area contributed by atoms with Gasteiger partial charge in [-0.3, -0.25) is 4.79 Å². The first-order valence-corrected chi connectivity index (χ1v) is 6.54. The van der Waals surface area contributed by atoms with E-state index in [0.717, 1.165) is 0 Å². The van der Waals surface area contributed by atoms with Crippen LogP contribution in [0.4, 0.5) is 11.4 Å². The third kappa shape index (κ3) is 3.92. The highest BCUT2D eigenvalue weighted by Gasteiger charge is 2.13. The van der Waals surface area contributed by atoms with Crippen LogP contribution in [0.2, 0.25) is 0 Å². The van der Waals surface area contributed by atoms with Crippen LogP contribution < -0.4 is 5.32 Å². The van der Waals surface area contributed by atoms with Crippen LogP contribution in [0.25, 0.3) is 0 Å². The monoisotopic (exact) mass is 297 g/mol. The number of rotatable bonds is 4. The number of benzene rings is 2. The molecular weight excluding hydrogens is 282 g/mol. The molecule has 0 fully saturated rings. The van der Waals surface area contributed by atoms with Crippen LogP contribution in [0.5, 0.6) is 5.75 Å². The van der Waals surface area contributed by atoms with Gasteiger partial charge in [-0.25, -0.2) is 0 Å². The minimum absolute atomic E-state index is 0.0651. The second kappa shape index (κ2) is 7.03. The molecule has 6 heteroatoms. The molecule has 0 aliphatic carbocycles. The highest BCUT2D eigenvalue weighted by atomic mass is 16.3. The van der Waals surface area contributed by atoms with E-state index in [0.29, 0.717) is 5.69 Å². The molecule has 0 bridgehead atoms. The van der Waals surface area contributed by atoms with Crippen molar-refractivity contribution in [3.05, 3.63) is 66.1 Å². The molecule has 22 heavy (non-hydrogen) atoms. The number of amides is 1. The Bertz CT molecular complexity index is 720. The van der Waals surface area contributed by atoms with E-state index in [9.17, 15) is 15.0 Å². The van der Waals surface area contributed by atoms with Crippen molar-refractivity contribution >= 4 is 17.3 Å². The predicted molar refractivity (Wildman–Crippen MR) is 83.0 cm³/mol. The molecule has 0 aromatic heterocycles. The maximum Gasteiger partial charge on any atom is 0.279 e. The van der Waals surface area contributed by atoms with Crippen LogP contribution in [0.3, 0.4) is 0 Å². The van der Waals surface area contributed by atoms with Gasteiger partial charge in [-0.1, -0.05) is 30.3 Å². The van der Waals surface area contributed by atoms with Crippen LogP contribution in [0.1, 0.15) is 6.92 Å². The quantitative estimate of drug-likeness (QED) is 0.453. The van der Waals surface area contributed by atoms with Crippen molar-refractivity contribution in [2.75, 3.05) is 5.32 Å². The molecule has 2 rings (SSSR count).